The highest BCUT2D eigenvalue weighted by atomic mass is 16.5. The lowest BCUT2D eigenvalue weighted by Gasteiger charge is -2.37. The Bertz CT molecular complexity index is 2570. The van der Waals surface area contributed by atoms with Crippen molar-refractivity contribution < 1.29 is 23.9 Å². The lowest BCUT2D eigenvalue weighted by Crippen LogP contribution is -2.62. The molecule has 12 heteroatoms. The van der Waals surface area contributed by atoms with Crippen LogP contribution in [-0.2, 0) is 35.9 Å². The maximum atomic E-state index is 14.8. The normalized spacial score (nSPS) is 21.6. The molecular weight excluding hydrogens is 803 g/mol. The predicted octanol–water partition coefficient (Wildman–Crippen LogP) is 7.29. The lowest BCUT2D eigenvalue weighted by atomic mass is 9.77. The number of hydrogen-bond donors (Lipinski definition) is 3. The highest BCUT2D eigenvalue weighted by molar-refractivity contribution is 5.94. The summed E-state index contributed by atoms with van der Waals surface area (Å²) in [5.41, 5.74) is 6.92. The van der Waals surface area contributed by atoms with E-state index in [9.17, 15) is 19.2 Å². The number of aromatic nitrogens is 3. The number of rotatable bonds is 7. The van der Waals surface area contributed by atoms with Gasteiger partial charge in [-0.25, -0.2) is 15.4 Å². The van der Waals surface area contributed by atoms with Gasteiger partial charge < -0.3 is 19.9 Å². The van der Waals surface area contributed by atoms with Gasteiger partial charge in [0.2, 0.25) is 11.8 Å². The second-order valence-corrected chi connectivity index (χ2v) is 17.7. The van der Waals surface area contributed by atoms with E-state index in [-0.39, 0.29) is 24.8 Å². The molecule has 4 heterocycles. The minimum atomic E-state index is -1.14. The molecule has 64 heavy (non-hydrogen) atoms. The maximum Gasteiger partial charge on any atom is 0.325 e. The van der Waals surface area contributed by atoms with Crippen molar-refractivity contribution in [2.45, 2.75) is 83.6 Å². The van der Waals surface area contributed by atoms with Gasteiger partial charge in [0.15, 0.2) is 0 Å². The zero-order chi connectivity index (χ0) is 45.0. The molecule has 4 aromatic carbocycles. The Morgan fingerprint density at radius 3 is 2.08 bits per heavy atom. The zero-order valence-electron chi connectivity index (χ0n) is 36.9. The molecule has 2 unspecified atom stereocenters. The molecule has 3 N–H and O–H groups in total. The van der Waals surface area contributed by atoms with E-state index in [1.165, 1.54) is 5.01 Å². The molecule has 0 spiro atoms. The molecule has 0 aliphatic carbocycles. The van der Waals surface area contributed by atoms with Crippen molar-refractivity contribution in [2.24, 2.45) is 11.3 Å². The topological polar surface area (TPSA) is 148 Å². The van der Waals surface area contributed by atoms with Crippen LogP contribution in [0.2, 0.25) is 0 Å². The van der Waals surface area contributed by atoms with E-state index in [1.54, 1.807) is 33.2 Å². The number of pyridine rings is 1. The Kier molecular flexibility index (Phi) is 12.6. The summed E-state index contributed by atoms with van der Waals surface area (Å²) in [6.45, 7) is 9.34. The van der Waals surface area contributed by atoms with Crippen LogP contribution >= 0.6 is 0 Å². The van der Waals surface area contributed by atoms with Crippen LogP contribution < -0.4 is 16.1 Å². The highest BCUT2D eigenvalue weighted by Crippen LogP contribution is 2.41. The highest BCUT2D eigenvalue weighted by Gasteiger charge is 2.40. The van der Waals surface area contributed by atoms with E-state index in [0.717, 1.165) is 27.6 Å². The summed E-state index contributed by atoms with van der Waals surface area (Å²) in [4.78, 5) is 66.8. The average Bonchev–Trinajstić information content (AvgIpc) is 3.78. The number of nitrogens with zero attached hydrogens (tertiary/aromatic N) is 4. The molecule has 2 aliphatic heterocycles. The Morgan fingerprint density at radius 2 is 1.45 bits per heavy atom. The number of hydrazine groups is 1. The third-order valence-corrected chi connectivity index (χ3v) is 12.3. The van der Waals surface area contributed by atoms with Gasteiger partial charge in [-0.3, -0.25) is 24.2 Å². The molecule has 0 radical (unpaired) electrons. The molecule has 8 rings (SSSR count). The van der Waals surface area contributed by atoms with Crippen LogP contribution in [0.25, 0.3) is 17.0 Å². The van der Waals surface area contributed by atoms with Gasteiger partial charge in [-0.15, -0.1) is 0 Å². The molecular formula is C52H55N7O5. The van der Waals surface area contributed by atoms with Crippen LogP contribution in [-0.4, -0.2) is 67.9 Å². The van der Waals surface area contributed by atoms with Gasteiger partial charge in [0.25, 0.3) is 5.91 Å². The first-order chi connectivity index (χ1) is 30.8. The summed E-state index contributed by atoms with van der Waals surface area (Å²) < 4.78 is 8.03. The number of esters is 1. The number of fused-ring (bicyclic) bond motifs is 4. The molecule has 1 fully saturated rings. The molecule has 4 atom stereocenters. The molecule has 1 saturated heterocycles. The standard InChI is InChI=1S/C52H55N7O5/c1-34(2)46-47(60)55-45(31-41-32-58(33-53-41)52(38-16-9-6-10-17-38,39-18-11-7-12-19-39)40-20-13-8-14-21-40)48(61)59-29-15-22-43(57-59)49(62)64-35(3)42-26-25-37-24-23-36(30-44(37)54-42)27-28-51(4,5)50(63)56-46/h6-14,16-21,23-28,30,32-35,43,45-46,57H,15,22,29,31H2,1-5H3,(H,55,60)(H,56,63)/b28-27+/t35-,43+,45?,46?/m1/s1. The number of amides is 3. The first kappa shape index (κ1) is 43.7. The van der Waals surface area contributed by atoms with E-state index < -0.39 is 53.0 Å². The number of nitrogens with one attached hydrogen (secondary N) is 3. The Morgan fingerprint density at radius 1 is 0.828 bits per heavy atom. The summed E-state index contributed by atoms with van der Waals surface area (Å²) in [7, 11) is 0. The Labute approximate surface area is 374 Å². The molecule has 5 bridgehead atoms. The lowest BCUT2D eigenvalue weighted by molar-refractivity contribution is -0.157. The van der Waals surface area contributed by atoms with Crippen LogP contribution in [0.5, 0.6) is 0 Å². The summed E-state index contributed by atoms with van der Waals surface area (Å²) in [6, 6.07) is 37.2. The van der Waals surface area contributed by atoms with Crippen LogP contribution in [0.1, 0.15) is 87.2 Å². The maximum absolute atomic E-state index is 14.8. The number of benzene rings is 4. The van der Waals surface area contributed by atoms with Crippen molar-refractivity contribution in [1.29, 1.82) is 0 Å². The van der Waals surface area contributed by atoms with E-state index >= 15 is 0 Å². The van der Waals surface area contributed by atoms with Gasteiger partial charge in [-0.2, -0.15) is 0 Å². The number of ether oxygens (including phenoxy) is 1. The van der Waals surface area contributed by atoms with Gasteiger partial charge >= 0.3 is 5.97 Å². The van der Waals surface area contributed by atoms with E-state index in [2.05, 4.69) is 57.0 Å². The fourth-order valence-electron chi connectivity index (χ4n) is 8.65. The second-order valence-electron chi connectivity index (χ2n) is 17.7. The third-order valence-electron chi connectivity index (χ3n) is 12.3. The SMILES string of the molecule is CC(C)C1NC(=O)C(C)(C)/C=C/c2ccc3ccc(nc3c2)[C@@H](C)OC(=O)[C@@H]2CCCN(N2)C(=O)C(Cc2cn(C(c3ccccc3)(c3ccccc3)c3ccccc3)cn2)NC1=O. The zero-order valence-corrected chi connectivity index (χ0v) is 36.9. The predicted molar refractivity (Wildman–Crippen MR) is 246 cm³/mol. The van der Waals surface area contributed by atoms with Crippen molar-refractivity contribution in [1.82, 2.24) is 35.6 Å². The number of carbonyl (C=O) groups excluding carboxylic acids is 4. The van der Waals surface area contributed by atoms with Crippen molar-refractivity contribution in [2.75, 3.05) is 6.54 Å². The second kappa shape index (κ2) is 18.4. The number of carbonyl (C=O) groups is 4. The quantitative estimate of drug-likeness (QED) is 0.112. The summed E-state index contributed by atoms with van der Waals surface area (Å²) in [5.74, 6) is -2.17. The molecule has 3 amide bonds. The molecule has 12 nitrogen and oxygen atoms in total. The smallest absolute Gasteiger partial charge is 0.325 e. The molecule has 6 aromatic rings. The van der Waals surface area contributed by atoms with Gasteiger partial charge in [-0.1, -0.05) is 135 Å². The van der Waals surface area contributed by atoms with Gasteiger partial charge in [0, 0.05) is 24.5 Å². The Hall–Kier alpha value is -6.92. The van der Waals surface area contributed by atoms with Crippen LogP contribution in [0.4, 0.5) is 0 Å². The van der Waals surface area contributed by atoms with Gasteiger partial charge in [0.1, 0.15) is 29.8 Å². The minimum Gasteiger partial charge on any atom is -0.455 e. The van der Waals surface area contributed by atoms with Crippen LogP contribution in [0, 0.1) is 11.3 Å². The van der Waals surface area contributed by atoms with E-state index in [4.69, 9.17) is 14.7 Å². The number of imidazole rings is 1. The van der Waals surface area contributed by atoms with Crippen molar-refractivity contribution in [3.8, 4) is 0 Å². The largest absolute Gasteiger partial charge is 0.455 e. The van der Waals surface area contributed by atoms with E-state index in [0.29, 0.717) is 29.7 Å². The van der Waals surface area contributed by atoms with Gasteiger partial charge in [0.05, 0.1) is 28.6 Å². The fourth-order valence-corrected chi connectivity index (χ4v) is 8.65. The summed E-state index contributed by atoms with van der Waals surface area (Å²) >= 11 is 0. The van der Waals surface area contributed by atoms with Crippen molar-refractivity contribution in [3.05, 3.63) is 174 Å². The van der Waals surface area contributed by atoms with Gasteiger partial charge in [-0.05, 0) is 73.9 Å². The monoisotopic (exact) mass is 857 g/mol. The third kappa shape index (κ3) is 8.96. The molecule has 2 aromatic heterocycles. The van der Waals surface area contributed by atoms with E-state index in [1.807, 2.05) is 111 Å². The summed E-state index contributed by atoms with van der Waals surface area (Å²) in [5, 5.41) is 8.33. The van der Waals surface area contributed by atoms with Crippen molar-refractivity contribution >= 4 is 40.7 Å². The minimum absolute atomic E-state index is 0.00989. The first-order valence-corrected chi connectivity index (χ1v) is 22.0. The Balaban J connectivity index is 1.17. The molecule has 328 valence electrons. The molecule has 0 saturated carbocycles. The fraction of sp³-hybridized carbons (Fsp3) is 0.308. The van der Waals surface area contributed by atoms with Crippen LogP contribution in [0.3, 0.4) is 0 Å². The summed E-state index contributed by atoms with van der Waals surface area (Å²) in [6.07, 6.45) is 7.65. The van der Waals surface area contributed by atoms with Crippen LogP contribution in [0.15, 0.2) is 140 Å². The van der Waals surface area contributed by atoms with Crippen molar-refractivity contribution in [3.63, 3.8) is 0 Å². The average molecular weight is 858 g/mol. The number of cyclic esters (lactones) is 1. The number of hydrogen-bond acceptors (Lipinski definition) is 8. The first-order valence-electron chi connectivity index (χ1n) is 22.0. The molecule has 2 aliphatic rings.